The van der Waals surface area contributed by atoms with Crippen LogP contribution in [-0.2, 0) is 0 Å². The van der Waals surface area contributed by atoms with Gasteiger partial charge in [0.25, 0.3) is 0 Å². The lowest BCUT2D eigenvalue weighted by atomic mass is 9.95. The summed E-state index contributed by atoms with van der Waals surface area (Å²) in [4.78, 5) is 0. The number of hydrogen-bond donors (Lipinski definition) is 1. The summed E-state index contributed by atoms with van der Waals surface area (Å²) in [5.41, 5.74) is 0.939. The molecule has 1 fully saturated rings. The van der Waals surface area contributed by atoms with Gasteiger partial charge >= 0.3 is 0 Å². The van der Waals surface area contributed by atoms with Crippen LogP contribution in [0.25, 0.3) is 0 Å². The molecule has 0 heterocycles. The molecule has 1 nitrogen and oxygen atoms in total. The molecule has 100 valence electrons. The van der Waals surface area contributed by atoms with Crippen LogP contribution in [0.3, 0.4) is 0 Å². The first-order chi connectivity index (χ1) is 8.63. The Morgan fingerprint density at radius 1 is 1.22 bits per heavy atom. The number of hydrogen-bond acceptors (Lipinski definition) is 1. The molecule has 2 rings (SSSR count). The van der Waals surface area contributed by atoms with Crippen LogP contribution < -0.4 is 5.32 Å². The molecule has 0 spiro atoms. The van der Waals surface area contributed by atoms with Gasteiger partial charge in [-0.3, -0.25) is 0 Å². The first kappa shape index (κ1) is 13.5. The molecule has 1 saturated carbocycles. The van der Waals surface area contributed by atoms with Gasteiger partial charge in [0.15, 0.2) is 11.6 Å². The lowest BCUT2D eigenvalue weighted by Crippen LogP contribution is -2.26. The summed E-state index contributed by atoms with van der Waals surface area (Å²) in [7, 11) is 0. The minimum atomic E-state index is -0.683. The van der Waals surface area contributed by atoms with E-state index in [1.165, 1.54) is 0 Å². The maximum atomic E-state index is 13.9. The molecule has 1 aliphatic carbocycles. The van der Waals surface area contributed by atoms with Crippen LogP contribution in [0.1, 0.15) is 49.7 Å². The Hall–Kier alpha value is -0.960. The molecule has 1 aromatic rings. The predicted molar refractivity (Wildman–Crippen MR) is 69.8 cm³/mol. The van der Waals surface area contributed by atoms with Crippen LogP contribution in [0.4, 0.5) is 8.78 Å². The Labute approximate surface area is 108 Å². The lowest BCUT2D eigenvalue weighted by molar-refractivity contribution is 0.477. The third kappa shape index (κ3) is 2.72. The zero-order chi connectivity index (χ0) is 13.1. The van der Waals surface area contributed by atoms with Crippen LogP contribution >= 0.6 is 0 Å². The second-order valence-corrected chi connectivity index (χ2v) is 5.26. The molecular weight excluding hydrogens is 232 g/mol. The van der Waals surface area contributed by atoms with Gasteiger partial charge in [-0.25, -0.2) is 8.78 Å². The molecule has 0 saturated heterocycles. The van der Waals surface area contributed by atoms with Gasteiger partial charge in [-0.2, -0.15) is 0 Å². The fraction of sp³-hybridized carbons (Fsp3) is 0.600. The summed E-state index contributed by atoms with van der Waals surface area (Å²) in [6, 6.07) is 3.89. The highest BCUT2D eigenvalue weighted by Gasteiger charge is 2.28. The van der Waals surface area contributed by atoms with Crippen molar-refractivity contribution in [1.82, 2.24) is 5.32 Å². The molecule has 1 aromatic carbocycles. The molecule has 18 heavy (non-hydrogen) atoms. The van der Waals surface area contributed by atoms with Crippen LogP contribution in [-0.4, -0.2) is 12.6 Å². The van der Waals surface area contributed by atoms with E-state index in [9.17, 15) is 8.78 Å². The summed E-state index contributed by atoms with van der Waals surface area (Å²) in [6.45, 7) is 4.74. The van der Waals surface area contributed by atoms with Gasteiger partial charge < -0.3 is 5.32 Å². The molecule has 0 amide bonds. The van der Waals surface area contributed by atoms with E-state index in [0.29, 0.717) is 17.2 Å². The minimum absolute atomic E-state index is 0.162. The molecular formula is C15H21F2N. The molecule has 1 N–H and O–H groups in total. The highest BCUT2D eigenvalue weighted by molar-refractivity contribution is 5.29. The van der Waals surface area contributed by atoms with Crippen molar-refractivity contribution >= 4 is 0 Å². The fourth-order valence-electron chi connectivity index (χ4n) is 2.77. The van der Waals surface area contributed by atoms with Crippen molar-refractivity contribution in [2.24, 2.45) is 0 Å². The zero-order valence-electron chi connectivity index (χ0n) is 11.1. The van der Waals surface area contributed by atoms with Crippen LogP contribution in [0, 0.1) is 18.6 Å². The van der Waals surface area contributed by atoms with E-state index in [4.69, 9.17) is 0 Å². The first-order valence-corrected chi connectivity index (χ1v) is 6.81. The van der Waals surface area contributed by atoms with Crippen molar-refractivity contribution in [3.63, 3.8) is 0 Å². The molecule has 0 bridgehead atoms. The van der Waals surface area contributed by atoms with Crippen LogP contribution in [0.5, 0.6) is 0 Å². The third-order valence-electron chi connectivity index (χ3n) is 3.86. The molecule has 0 radical (unpaired) electrons. The van der Waals surface area contributed by atoms with Gasteiger partial charge in [0.1, 0.15) is 0 Å². The summed E-state index contributed by atoms with van der Waals surface area (Å²) >= 11 is 0. The highest BCUT2D eigenvalue weighted by atomic mass is 19.2. The van der Waals surface area contributed by atoms with Crippen molar-refractivity contribution < 1.29 is 8.78 Å². The van der Waals surface area contributed by atoms with E-state index in [2.05, 4.69) is 12.2 Å². The molecule has 2 atom stereocenters. The zero-order valence-corrected chi connectivity index (χ0v) is 11.1. The van der Waals surface area contributed by atoms with Gasteiger partial charge in [-0.1, -0.05) is 19.1 Å². The number of halogens is 2. The van der Waals surface area contributed by atoms with Crippen molar-refractivity contribution in [3.8, 4) is 0 Å². The van der Waals surface area contributed by atoms with Gasteiger partial charge in [-0.05, 0) is 56.2 Å². The highest BCUT2D eigenvalue weighted by Crippen LogP contribution is 2.36. The summed E-state index contributed by atoms with van der Waals surface area (Å²) in [6.07, 6.45) is 4.02. The van der Waals surface area contributed by atoms with Gasteiger partial charge in [0.2, 0.25) is 0 Å². The fourth-order valence-corrected chi connectivity index (χ4v) is 2.77. The van der Waals surface area contributed by atoms with Gasteiger partial charge in [-0.15, -0.1) is 0 Å². The van der Waals surface area contributed by atoms with Crippen LogP contribution in [0.2, 0.25) is 0 Å². The Balaban J connectivity index is 2.07. The predicted octanol–water partition coefficient (Wildman–Crippen LogP) is 3.91. The smallest absolute Gasteiger partial charge is 0.162 e. The number of rotatable bonds is 4. The van der Waals surface area contributed by atoms with E-state index in [1.807, 2.05) is 0 Å². The Kier molecular flexibility index (Phi) is 4.33. The van der Waals surface area contributed by atoms with Crippen molar-refractivity contribution in [3.05, 3.63) is 34.9 Å². The molecule has 0 aromatic heterocycles. The lowest BCUT2D eigenvalue weighted by Gasteiger charge is -2.14. The SMILES string of the molecule is CCCNC1CCC(c2ccc(C)c(F)c2F)C1. The van der Waals surface area contributed by atoms with E-state index in [0.717, 1.165) is 32.2 Å². The van der Waals surface area contributed by atoms with E-state index >= 15 is 0 Å². The summed E-state index contributed by atoms with van der Waals surface area (Å²) < 4.78 is 27.5. The Morgan fingerprint density at radius 3 is 2.72 bits per heavy atom. The van der Waals surface area contributed by atoms with Crippen molar-refractivity contribution in [2.45, 2.75) is 51.5 Å². The average molecular weight is 253 g/mol. The van der Waals surface area contributed by atoms with E-state index < -0.39 is 11.6 Å². The van der Waals surface area contributed by atoms with Gasteiger partial charge in [0.05, 0.1) is 0 Å². The summed E-state index contributed by atoms with van der Waals surface area (Å²) in [5.74, 6) is -1.16. The molecule has 0 aliphatic heterocycles. The van der Waals surface area contributed by atoms with Crippen molar-refractivity contribution in [1.29, 1.82) is 0 Å². The molecule has 3 heteroatoms. The topological polar surface area (TPSA) is 12.0 Å². The molecule has 1 aliphatic rings. The average Bonchev–Trinajstić information content (AvgIpc) is 2.82. The van der Waals surface area contributed by atoms with Crippen molar-refractivity contribution in [2.75, 3.05) is 6.54 Å². The third-order valence-corrected chi connectivity index (χ3v) is 3.86. The first-order valence-electron chi connectivity index (χ1n) is 6.81. The maximum Gasteiger partial charge on any atom is 0.162 e. The summed E-state index contributed by atoms with van der Waals surface area (Å²) in [5, 5.41) is 3.46. The number of benzene rings is 1. The minimum Gasteiger partial charge on any atom is -0.314 e. The van der Waals surface area contributed by atoms with E-state index in [-0.39, 0.29) is 5.92 Å². The largest absolute Gasteiger partial charge is 0.314 e. The monoisotopic (exact) mass is 253 g/mol. The maximum absolute atomic E-state index is 13.9. The Bertz CT molecular complexity index is 417. The second-order valence-electron chi connectivity index (χ2n) is 5.26. The van der Waals surface area contributed by atoms with Gasteiger partial charge in [0, 0.05) is 6.04 Å². The second kappa shape index (κ2) is 5.79. The normalized spacial score (nSPS) is 23.6. The van der Waals surface area contributed by atoms with Crippen LogP contribution in [0.15, 0.2) is 12.1 Å². The standard InChI is InChI=1S/C15H21F2N/c1-3-8-18-12-6-5-11(9-12)13-7-4-10(2)14(16)15(13)17/h4,7,11-12,18H,3,5-6,8-9H2,1-2H3. The molecule has 2 unspecified atom stereocenters. The van der Waals surface area contributed by atoms with E-state index in [1.54, 1.807) is 19.1 Å². The number of nitrogens with one attached hydrogen (secondary N) is 1. The number of aryl methyl sites for hydroxylation is 1. The Morgan fingerprint density at radius 2 is 2.00 bits per heavy atom. The quantitative estimate of drug-likeness (QED) is 0.858.